The third-order valence-corrected chi connectivity index (χ3v) is 5.88. The molecule has 1 aromatic heterocycles. The highest BCUT2D eigenvalue weighted by Gasteiger charge is 2.27. The lowest BCUT2D eigenvalue weighted by atomic mass is 9.92. The standard InChI is InChI=1S/C19H29N3O5S/c1-11-7-12(2)9-22(8-11)10-14(23)21-18-15(19(25)27-6-5-26-4)13(3)16(28-18)17(20)24/h11-12H,5-10H2,1-4H3,(H2,20,24)(H,21,23)/t11-,12-/m0/s1. The molecule has 0 aromatic carbocycles. The van der Waals surface area contributed by atoms with Crippen molar-refractivity contribution in [2.24, 2.45) is 17.6 Å². The molecule has 0 radical (unpaired) electrons. The molecule has 1 aliphatic rings. The van der Waals surface area contributed by atoms with Crippen molar-refractivity contribution in [2.45, 2.75) is 27.2 Å². The lowest BCUT2D eigenvalue weighted by Crippen LogP contribution is -2.42. The molecule has 1 aromatic rings. The number of nitrogens with two attached hydrogens (primary N) is 1. The molecule has 0 spiro atoms. The zero-order valence-corrected chi connectivity index (χ0v) is 17.7. The van der Waals surface area contributed by atoms with Crippen molar-refractivity contribution in [2.75, 3.05) is 45.3 Å². The van der Waals surface area contributed by atoms with Gasteiger partial charge in [0, 0.05) is 20.2 Å². The Bertz CT molecular complexity index is 723. The summed E-state index contributed by atoms with van der Waals surface area (Å²) in [5, 5.41) is 3.06. The summed E-state index contributed by atoms with van der Waals surface area (Å²) in [5.41, 5.74) is 5.99. The van der Waals surface area contributed by atoms with Crippen molar-refractivity contribution < 1.29 is 23.9 Å². The van der Waals surface area contributed by atoms with Crippen LogP contribution in [0.25, 0.3) is 0 Å². The van der Waals surface area contributed by atoms with E-state index in [1.165, 1.54) is 7.11 Å². The maximum Gasteiger partial charge on any atom is 0.341 e. The lowest BCUT2D eigenvalue weighted by molar-refractivity contribution is -0.117. The van der Waals surface area contributed by atoms with E-state index in [4.69, 9.17) is 15.2 Å². The Morgan fingerprint density at radius 1 is 1.21 bits per heavy atom. The molecule has 8 nitrogen and oxygen atoms in total. The molecule has 1 saturated heterocycles. The quantitative estimate of drug-likeness (QED) is 0.499. The molecule has 28 heavy (non-hydrogen) atoms. The van der Waals surface area contributed by atoms with Crippen molar-refractivity contribution in [1.29, 1.82) is 0 Å². The number of primary amides is 1. The summed E-state index contributed by atoms with van der Waals surface area (Å²) in [4.78, 5) is 39.1. The molecule has 1 fully saturated rings. The van der Waals surface area contributed by atoms with E-state index in [9.17, 15) is 14.4 Å². The van der Waals surface area contributed by atoms with Crippen LogP contribution in [0.1, 0.15) is 45.9 Å². The lowest BCUT2D eigenvalue weighted by Gasteiger charge is -2.34. The van der Waals surface area contributed by atoms with E-state index in [1.54, 1.807) is 6.92 Å². The Balaban J connectivity index is 2.14. The fourth-order valence-corrected chi connectivity index (χ4v) is 4.73. The number of anilines is 1. The van der Waals surface area contributed by atoms with Crippen LogP contribution in [0.4, 0.5) is 5.00 Å². The van der Waals surface area contributed by atoms with Gasteiger partial charge in [-0.3, -0.25) is 14.5 Å². The summed E-state index contributed by atoms with van der Waals surface area (Å²) in [6.45, 7) is 8.26. The first-order valence-electron chi connectivity index (χ1n) is 9.34. The van der Waals surface area contributed by atoms with E-state index in [0.29, 0.717) is 17.4 Å². The van der Waals surface area contributed by atoms with Gasteiger partial charge in [0.25, 0.3) is 5.91 Å². The van der Waals surface area contributed by atoms with Crippen molar-refractivity contribution in [3.8, 4) is 0 Å². The third-order valence-electron chi connectivity index (χ3n) is 4.66. The molecule has 2 rings (SSSR count). The number of rotatable bonds is 8. The Kier molecular flexibility index (Phi) is 7.97. The molecular formula is C19H29N3O5S. The fraction of sp³-hybridized carbons (Fsp3) is 0.632. The number of nitrogens with one attached hydrogen (secondary N) is 1. The zero-order chi connectivity index (χ0) is 20.8. The molecule has 0 bridgehead atoms. The Morgan fingerprint density at radius 3 is 2.43 bits per heavy atom. The number of likely N-dealkylation sites (tertiary alicyclic amines) is 1. The van der Waals surface area contributed by atoms with Gasteiger partial charge in [0.1, 0.15) is 11.6 Å². The number of piperidine rings is 1. The molecule has 1 aliphatic heterocycles. The zero-order valence-electron chi connectivity index (χ0n) is 16.9. The van der Waals surface area contributed by atoms with E-state index in [-0.39, 0.29) is 41.1 Å². The van der Waals surface area contributed by atoms with Crippen LogP contribution in [0, 0.1) is 18.8 Å². The number of carbonyl (C=O) groups is 3. The maximum absolute atomic E-state index is 12.6. The Labute approximate surface area is 169 Å². The van der Waals surface area contributed by atoms with Gasteiger partial charge in [-0.05, 0) is 30.7 Å². The topological polar surface area (TPSA) is 111 Å². The summed E-state index contributed by atoms with van der Waals surface area (Å²) in [5.74, 6) is -0.424. The molecule has 0 aliphatic carbocycles. The van der Waals surface area contributed by atoms with Crippen molar-refractivity contribution in [3.63, 3.8) is 0 Å². The number of esters is 1. The molecule has 2 amide bonds. The highest BCUT2D eigenvalue weighted by Crippen LogP contribution is 2.33. The van der Waals surface area contributed by atoms with E-state index in [0.717, 1.165) is 30.8 Å². The second-order valence-corrected chi connectivity index (χ2v) is 8.46. The van der Waals surface area contributed by atoms with Crippen LogP contribution in [0.5, 0.6) is 0 Å². The summed E-state index contributed by atoms with van der Waals surface area (Å²) in [7, 11) is 1.50. The molecular weight excluding hydrogens is 382 g/mol. The summed E-state index contributed by atoms with van der Waals surface area (Å²) < 4.78 is 10.0. The minimum absolute atomic E-state index is 0.0769. The van der Waals surface area contributed by atoms with E-state index in [1.807, 2.05) is 0 Å². The third kappa shape index (κ3) is 5.76. The maximum atomic E-state index is 12.6. The first-order valence-corrected chi connectivity index (χ1v) is 10.2. The highest BCUT2D eigenvalue weighted by molar-refractivity contribution is 7.18. The monoisotopic (exact) mass is 411 g/mol. The molecule has 2 atom stereocenters. The van der Waals surface area contributed by atoms with Gasteiger partial charge in [-0.15, -0.1) is 11.3 Å². The molecule has 0 unspecified atom stereocenters. The predicted molar refractivity (Wildman–Crippen MR) is 108 cm³/mol. The van der Waals surface area contributed by atoms with Crippen molar-refractivity contribution >= 4 is 34.1 Å². The predicted octanol–water partition coefficient (Wildman–Crippen LogP) is 1.88. The minimum atomic E-state index is -0.646. The summed E-state index contributed by atoms with van der Waals surface area (Å²) in [6, 6.07) is 0. The normalized spacial score (nSPS) is 20.0. The Hall–Kier alpha value is -1.97. The largest absolute Gasteiger partial charge is 0.460 e. The molecule has 0 saturated carbocycles. The van der Waals surface area contributed by atoms with Crippen molar-refractivity contribution in [3.05, 3.63) is 16.0 Å². The van der Waals surface area contributed by atoms with Gasteiger partial charge in [-0.2, -0.15) is 0 Å². The van der Waals surface area contributed by atoms with Crippen LogP contribution in [-0.4, -0.2) is 62.6 Å². The molecule has 2 heterocycles. The number of amides is 2. The van der Waals surface area contributed by atoms with Gasteiger partial charge in [0.05, 0.1) is 23.6 Å². The smallest absolute Gasteiger partial charge is 0.341 e. The van der Waals surface area contributed by atoms with E-state index < -0.39 is 11.9 Å². The van der Waals surface area contributed by atoms with Gasteiger partial charge in [-0.1, -0.05) is 13.8 Å². The van der Waals surface area contributed by atoms with Gasteiger partial charge in [0.15, 0.2) is 0 Å². The number of carbonyl (C=O) groups excluding carboxylic acids is 3. The number of methoxy groups -OCH3 is 1. The van der Waals surface area contributed by atoms with Crippen LogP contribution in [0.15, 0.2) is 0 Å². The first kappa shape index (κ1) is 22.3. The van der Waals surface area contributed by atoms with E-state index >= 15 is 0 Å². The van der Waals surface area contributed by atoms with E-state index in [2.05, 4.69) is 24.1 Å². The summed E-state index contributed by atoms with van der Waals surface area (Å²) in [6.07, 6.45) is 1.15. The van der Waals surface area contributed by atoms with Crippen LogP contribution in [-0.2, 0) is 14.3 Å². The van der Waals surface area contributed by atoms with Crippen LogP contribution >= 0.6 is 11.3 Å². The number of nitrogens with zero attached hydrogens (tertiary/aromatic N) is 1. The van der Waals surface area contributed by atoms with Crippen molar-refractivity contribution in [1.82, 2.24) is 4.90 Å². The van der Waals surface area contributed by atoms with Crippen LogP contribution < -0.4 is 11.1 Å². The summed E-state index contributed by atoms with van der Waals surface area (Å²) >= 11 is 0.996. The van der Waals surface area contributed by atoms with Gasteiger partial charge in [0.2, 0.25) is 5.91 Å². The van der Waals surface area contributed by atoms with Crippen LogP contribution in [0.2, 0.25) is 0 Å². The highest BCUT2D eigenvalue weighted by atomic mass is 32.1. The average Bonchev–Trinajstić information content (AvgIpc) is 2.90. The minimum Gasteiger partial charge on any atom is -0.460 e. The first-order chi connectivity index (χ1) is 13.2. The van der Waals surface area contributed by atoms with Crippen LogP contribution in [0.3, 0.4) is 0 Å². The number of thiophene rings is 1. The Morgan fingerprint density at radius 2 is 1.86 bits per heavy atom. The second kappa shape index (κ2) is 9.99. The number of hydrogen-bond donors (Lipinski definition) is 2. The molecule has 9 heteroatoms. The number of hydrogen-bond acceptors (Lipinski definition) is 7. The molecule has 3 N–H and O–H groups in total. The van der Waals surface area contributed by atoms with Gasteiger partial charge < -0.3 is 20.5 Å². The molecule has 156 valence electrons. The van der Waals surface area contributed by atoms with Gasteiger partial charge in [-0.25, -0.2) is 4.79 Å². The second-order valence-electron chi connectivity index (χ2n) is 7.44. The van der Waals surface area contributed by atoms with Gasteiger partial charge >= 0.3 is 5.97 Å². The fourth-order valence-electron chi connectivity index (χ4n) is 3.66. The number of ether oxygens (including phenoxy) is 2. The average molecular weight is 412 g/mol. The SMILES string of the molecule is COCCOC(=O)c1c(NC(=O)CN2C[C@@H](C)C[C@H](C)C2)sc(C(N)=O)c1C.